The highest BCUT2D eigenvalue weighted by atomic mass is 16.3. The van der Waals surface area contributed by atoms with Gasteiger partial charge in [-0.1, -0.05) is 34.1 Å². The maximum atomic E-state index is 9.85. The Labute approximate surface area is 64.5 Å². The monoisotopic (exact) mass is 144 g/mol. The van der Waals surface area contributed by atoms with Crippen molar-refractivity contribution in [2.45, 2.75) is 53.1 Å². The molecule has 0 aliphatic heterocycles. The van der Waals surface area contributed by atoms with Gasteiger partial charge in [0.2, 0.25) is 0 Å². The van der Waals surface area contributed by atoms with Crippen LogP contribution in [0.15, 0.2) is 0 Å². The van der Waals surface area contributed by atoms with Crippen molar-refractivity contribution in [3.8, 4) is 0 Å². The van der Waals surface area contributed by atoms with E-state index in [2.05, 4.69) is 27.7 Å². The maximum absolute atomic E-state index is 9.85. The van der Waals surface area contributed by atoms with Crippen LogP contribution in [0.4, 0.5) is 0 Å². The zero-order valence-electron chi connectivity index (χ0n) is 7.86. The van der Waals surface area contributed by atoms with Crippen LogP contribution in [-0.2, 0) is 0 Å². The molecule has 10 heavy (non-hydrogen) atoms. The SMILES string of the molecule is CCC[C@@](C)(O)C(C)(C)C. The summed E-state index contributed by atoms with van der Waals surface area (Å²) in [6.45, 7) is 10.2. The van der Waals surface area contributed by atoms with E-state index in [-0.39, 0.29) is 5.41 Å². The van der Waals surface area contributed by atoms with Gasteiger partial charge in [0.25, 0.3) is 0 Å². The Balaban J connectivity index is 4.10. The van der Waals surface area contributed by atoms with Gasteiger partial charge < -0.3 is 5.11 Å². The van der Waals surface area contributed by atoms with E-state index in [9.17, 15) is 5.11 Å². The minimum atomic E-state index is -0.512. The second kappa shape index (κ2) is 2.91. The summed E-state index contributed by atoms with van der Waals surface area (Å²) in [7, 11) is 0. The highest BCUT2D eigenvalue weighted by Crippen LogP contribution is 2.33. The molecular weight excluding hydrogens is 124 g/mol. The first-order valence-electron chi connectivity index (χ1n) is 4.03. The van der Waals surface area contributed by atoms with E-state index in [0.717, 1.165) is 12.8 Å². The van der Waals surface area contributed by atoms with Crippen molar-refractivity contribution in [3.63, 3.8) is 0 Å². The molecule has 0 saturated carbocycles. The van der Waals surface area contributed by atoms with Gasteiger partial charge in [0.15, 0.2) is 0 Å². The van der Waals surface area contributed by atoms with Crippen molar-refractivity contribution in [2.75, 3.05) is 0 Å². The molecule has 0 aliphatic rings. The van der Waals surface area contributed by atoms with Crippen LogP contribution >= 0.6 is 0 Å². The fourth-order valence-corrected chi connectivity index (χ4v) is 0.862. The molecule has 1 heteroatoms. The Morgan fingerprint density at radius 2 is 1.50 bits per heavy atom. The molecule has 1 atom stereocenters. The lowest BCUT2D eigenvalue weighted by Crippen LogP contribution is -2.39. The van der Waals surface area contributed by atoms with Crippen molar-refractivity contribution in [1.82, 2.24) is 0 Å². The van der Waals surface area contributed by atoms with Gasteiger partial charge in [-0.15, -0.1) is 0 Å². The second-order valence-corrected chi connectivity index (χ2v) is 4.27. The first-order valence-corrected chi connectivity index (χ1v) is 4.03. The van der Waals surface area contributed by atoms with Gasteiger partial charge in [0, 0.05) is 0 Å². The quantitative estimate of drug-likeness (QED) is 0.631. The summed E-state index contributed by atoms with van der Waals surface area (Å²) in [4.78, 5) is 0. The van der Waals surface area contributed by atoms with Crippen LogP contribution in [0, 0.1) is 5.41 Å². The lowest BCUT2D eigenvalue weighted by Gasteiger charge is -2.37. The minimum Gasteiger partial charge on any atom is -0.390 e. The Bertz CT molecular complexity index is 97.8. The summed E-state index contributed by atoms with van der Waals surface area (Å²) < 4.78 is 0. The summed E-state index contributed by atoms with van der Waals surface area (Å²) in [5.74, 6) is 0. The van der Waals surface area contributed by atoms with Crippen molar-refractivity contribution >= 4 is 0 Å². The summed E-state index contributed by atoms with van der Waals surface area (Å²) in [6, 6.07) is 0. The normalized spacial score (nSPS) is 18.6. The van der Waals surface area contributed by atoms with E-state index in [0.29, 0.717) is 0 Å². The molecule has 0 aromatic rings. The topological polar surface area (TPSA) is 20.2 Å². The third-order valence-electron chi connectivity index (χ3n) is 2.35. The fraction of sp³-hybridized carbons (Fsp3) is 1.00. The van der Waals surface area contributed by atoms with Crippen molar-refractivity contribution in [1.29, 1.82) is 0 Å². The third-order valence-corrected chi connectivity index (χ3v) is 2.35. The molecule has 0 fully saturated rings. The van der Waals surface area contributed by atoms with Crippen LogP contribution in [0.5, 0.6) is 0 Å². The van der Waals surface area contributed by atoms with E-state index in [1.807, 2.05) is 6.92 Å². The molecule has 0 heterocycles. The Morgan fingerprint density at radius 3 is 1.60 bits per heavy atom. The number of rotatable bonds is 2. The molecule has 0 saturated heterocycles. The molecule has 0 rings (SSSR count). The molecule has 0 amide bonds. The highest BCUT2D eigenvalue weighted by molar-refractivity contribution is 4.85. The van der Waals surface area contributed by atoms with E-state index >= 15 is 0 Å². The average Bonchev–Trinajstić information content (AvgIpc) is 1.61. The zero-order chi connectivity index (χ0) is 8.41. The van der Waals surface area contributed by atoms with Crippen LogP contribution in [0.25, 0.3) is 0 Å². The molecule has 0 spiro atoms. The maximum Gasteiger partial charge on any atom is 0.0667 e. The first kappa shape index (κ1) is 9.96. The Morgan fingerprint density at radius 1 is 1.10 bits per heavy atom. The summed E-state index contributed by atoms with van der Waals surface area (Å²) in [6.07, 6.45) is 1.93. The van der Waals surface area contributed by atoms with Crippen LogP contribution in [-0.4, -0.2) is 10.7 Å². The predicted molar refractivity (Wildman–Crippen MR) is 45.0 cm³/mol. The van der Waals surface area contributed by atoms with Gasteiger partial charge in [-0.3, -0.25) is 0 Å². The highest BCUT2D eigenvalue weighted by Gasteiger charge is 2.33. The standard InChI is InChI=1S/C9H20O/c1-6-7-9(5,10)8(2,3)4/h10H,6-7H2,1-5H3/t9-/m1/s1. The molecule has 0 aromatic carbocycles. The molecule has 0 aromatic heterocycles. The molecule has 0 radical (unpaired) electrons. The predicted octanol–water partition coefficient (Wildman–Crippen LogP) is 2.58. The van der Waals surface area contributed by atoms with Gasteiger partial charge in [-0.05, 0) is 18.8 Å². The van der Waals surface area contributed by atoms with Crippen LogP contribution in [0.3, 0.4) is 0 Å². The molecule has 0 bridgehead atoms. The molecule has 0 unspecified atom stereocenters. The van der Waals surface area contributed by atoms with E-state index in [4.69, 9.17) is 0 Å². The molecule has 1 nitrogen and oxygen atoms in total. The van der Waals surface area contributed by atoms with E-state index in [1.54, 1.807) is 0 Å². The lowest BCUT2D eigenvalue weighted by atomic mass is 9.75. The smallest absolute Gasteiger partial charge is 0.0667 e. The van der Waals surface area contributed by atoms with Gasteiger partial charge in [0.1, 0.15) is 0 Å². The lowest BCUT2D eigenvalue weighted by molar-refractivity contribution is -0.0483. The van der Waals surface area contributed by atoms with Gasteiger partial charge >= 0.3 is 0 Å². The zero-order valence-corrected chi connectivity index (χ0v) is 7.86. The summed E-state index contributed by atoms with van der Waals surface area (Å²) in [5, 5.41) is 9.85. The van der Waals surface area contributed by atoms with Crippen molar-refractivity contribution < 1.29 is 5.11 Å². The van der Waals surface area contributed by atoms with E-state index < -0.39 is 5.60 Å². The van der Waals surface area contributed by atoms with Crippen molar-refractivity contribution in [2.24, 2.45) is 5.41 Å². The first-order chi connectivity index (χ1) is 4.31. The second-order valence-electron chi connectivity index (χ2n) is 4.27. The number of hydrogen-bond acceptors (Lipinski definition) is 1. The van der Waals surface area contributed by atoms with Crippen molar-refractivity contribution in [3.05, 3.63) is 0 Å². The van der Waals surface area contributed by atoms with E-state index in [1.165, 1.54) is 0 Å². The van der Waals surface area contributed by atoms with Crippen LogP contribution < -0.4 is 0 Å². The molecule has 62 valence electrons. The summed E-state index contributed by atoms with van der Waals surface area (Å²) in [5.41, 5.74) is -0.509. The fourth-order valence-electron chi connectivity index (χ4n) is 0.862. The van der Waals surface area contributed by atoms with Crippen LogP contribution in [0.1, 0.15) is 47.5 Å². The summed E-state index contributed by atoms with van der Waals surface area (Å²) >= 11 is 0. The van der Waals surface area contributed by atoms with Gasteiger partial charge in [-0.25, -0.2) is 0 Å². The van der Waals surface area contributed by atoms with Gasteiger partial charge in [-0.2, -0.15) is 0 Å². The van der Waals surface area contributed by atoms with Crippen LogP contribution in [0.2, 0.25) is 0 Å². The Kier molecular flexibility index (Phi) is 2.90. The third kappa shape index (κ3) is 2.30. The molecular formula is C9H20O. The number of aliphatic hydroxyl groups is 1. The molecule has 0 aliphatic carbocycles. The number of hydrogen-bond donors (Lipinski definition) is 1. The Hall–Kier alpha value is -0.0400. The molecule has 1 N–H and O–H groups in total. The largest absolute Gasteiger partial charge is 0.390 e. The van der Waals surface area contributed by atoms with Gasteiger partial charge in [0.05, 0.1) is 5.60 Å². The average molecular weight is 144 g/mol. The minimum absolute atomic E-state index is 0.00299.